The van der Waals surface area contributed by atoms with Crippen molar-refractivity contribution in [2.24, 2.45) is 7.05 Å². The zero-order valence-electron chi connectivity index (χ0n) is 14.4. The fraction of sp³-hybridized carbons (Fsp3) is 0.375. The van der Waals surface area contributed by atoms with Crippen LogP contribution >= 0.6 is 46.6 Å². The monoisotopic (exact) mass is 458 g/mol. The second kappa shape index (κ2) is 9.32. The summed E-state index contributed by atoms with van der Waals surface area (Å²) in [6, 6.07) is 3.06. The SMILES string of the molecule is CCOC(=O)C(C)Sc1cc(-c2nn(C)c(OC(F)F)c2Cl)c(Cl)cc1Cl. The number of benzene rings is 1. The van der Waals surface area contributed by atoms with Crippen LogP contribution in [0.5, 0.6) is 5.88 Å². The van der Waals surface area contributed by atoms with E-state index < -0.39 is 17.8 Å². The Morgan fingerprint density at radius 2 is 1.96 bits per heavy atom. The van der Waals surface area contributed by atoms with Crippen molar-refractivity contribution >= 4 is 52.5 Å². The first-order chi connectivity index (χ1) is 12.6. The van der Waals surface area contributed by atoms with Gasteiger partial charge in [0, 0.05) is 17.5 Å². The van der Waals surface area contributed by atoms with E-state index in [1.807, 2.05) is 0 Å². The molecular formula is C16H15Cl3F2N2O3S. The van der Waals surface area contributed by atoms with Gasteiger partial charge in [-0.2, -0.15) is 13.9 Å². The third-order valence-corrected chi connectivity index (χ3v) is 5.56. The second-order valence-corrected chi connectivity index (χ2v) is 7.82. The van der Waals surface area contributed by atoms with E-state index >= 15 is 0 Å². The van der Waals surface area contributed by atoms with Crippen LogP contribution in [0.25, 0.3) is 11.3 Å². The highest BCUT2D eigenvalue weighted by atomic mass is 35.5. The standard InChI is InChI=1S/C16H15Cl3F2N2O3S/c1-4-25-15(24)7(2)27-11-5-8(9(17)6-10(11)18)13-12(19)14(23(3)22-13)26-16(20)21/h5-7,16H,4H2,1-3H3. The minimum atomic E-state index is -3.05. The van der Waals surface area contributed by atoms with Gasteiger partial charge in [-0.05, 0) is 26.0 Å². The van der Waals surface area contributed by atoms with Crippen molar-refractivity contribution in [1.82, 2.24) is 9.78 Å². The van der Waals surface area contributed by atoms with E-state index in [1.54, 1.807) is 19.9 Å². The highest BCUT2D eigenvalue weighted by molar-refractivity contribution is 8.00. The summed E-state index contributed by atoms with van der Waals surface area (Å²) in [4.78, 5) is 12.4. The number of thioether (sulfide) groups is 1. The lowest BCUT2D eigenvalue weighted by molar-refractivity contribution is -0.142. The molecule has 0 aliphatic carbocycles. The van der Waals surface area contributed by atoms with Gasteiger partial charge in [-0.3, -0.25) is 4.79 Å². The van der Waals surface area contributed by atoms with Crippen molar-refractivity contribution in [2.45, 2.75) is 30.6 Å². The molecule has 0 saturated carbocycles. The van der Waals surface area contributed by atoms with Crippen molar-refractivity contribution in [2.75, 3.05) is 6.61 Å². The van der Waals surface area contributed by atoms with Crippen molar-refractivity contribution in [1.29, 1.82) is 0 Å². The smallest absolute Gasteiger partial charge is 0.388 e. The first kappa shape index (κ1) is 22.1. The number of rotatable bonds is 7. The molecule has 0 N–H and O–H groups in total. The molecule has 0 aliphatic heterocycles. The number of aryl methyl sites for hydroxylation is 1. The zero-order chi connectivity index (χ0) is 20.3. The fourth-order valence-electron chi connectivity index (χ4n) is 2.17. The maximum Gasteiger partial charge on any atom is 0.388 e. The molecule has 27 heavy (non-hydrogen) atoms. The van der Waals surface area contributed by atoms with Gasteiger partial charge in [0.15, 0.2) is 0 Å². The molecule has 1 unspecified atom stereocenters. The van der Waals surface area contributed by atoms with Crippen molar-refractivity contribution < 1.29 is 23.0 Å². The molecule has 0 fully saturated rings. The molecule has 1 aromatic heterocycles. The highest BCUT2D eigenvalue weighted by Gasteiger charge is 2.24. The Kier molecular flexibility index (Phi) is 7.62. The van der Waals surface area contributed by atoms with Crippen LogP contribution in [0.2, 0.25) is 15.1 Å². The van der Waals surface area contributed by atoms with Crippen molar-refractivity contribution in [3.8, 4) is 17.1 Å². The van der Waals surface area contributed by atoms with Gasteiger partial charge in [0.05, 0.1) is 16.7 Å². The van der Waals surface area contributed by atoms with Crippen LogP contribution in [-0.4, -0.2) is 34.2 Å². The third kappa shape index (κ3) is 5.19. The summed E-state index contributed by atoms with van der Waals surface area (Å²) in [6.45, 7) is 0.600. The predicted molar refractivity (Wildman–Crippen MR) is 102 cm³/mol. The summed E-state index contributed by atoms with van der Waals surface area (Å²) >= 11 is 19.8. The molecule has 1 aromatic carbocycles. The Morgan fingerprint density at radius 3 is 2.56 bits per heavy atom. The number of alkyl halides is 2. The fourth-order valence-corrected chi connectivity index (χ4v) is 3.98. The van der Waals surface area contributed by atoms with E-state index in [0.717, 1.165) is 4.68 Å². The molecular weight excluding hydrogens is 445 g/mol. The summed E-state index contributed by atoms with van der Waals surface area (Å²) in [7, 11) is 1.41. The lowest BCUT2D eigenvalue weighted by atomic mass is 10.1. The molecule has 5 nitrogen and oxygen atoms in total. The van der Waals surface area contributed by atoms with E-state index in [9.17, 15) is 13.6 Å². The van der Waals surface area contributed by atoms with E-state index in [1.165, 1.54) is 24.9 Å². The Bertz CT molecular complexity index is 849. The lowest BCUT2D eigenvalue weighted by Gasteiger charge is -2.13. The molecule has 0 bridgehead atoms. The van der Waals surface area contributed by atoms with Crippen LogP contribution in [0.15, 0.2) is 17.0 Å². The maximum atomic E-state index is 12.6. The molecule has 0 spiro atoms. The van der Waals surface area contributed by atoms with Gasteiger partial charge >= 0.3 is 12.6 Å². The van der Waals surface area contributed by atoms with Gasteiger partial charge in [0.1, 0.15) is 16.0 Å². The van der Waals surface area contributed by atoms with Crippen molar-refractivity contribution in [3.05, 3.63) is 27.2 Å². The number of hydrogen-bond acceptors (Lipinski definition) is 5. The van der Waals surface area contributed by atoms with Gasteiger partial charge in [-0.1, -0.05) is 34.8 Å². The number of aromatic nitrogens is 2. The van der Waals surface area contributed by atoms with Crippen LogP contribution in [0.3, 0.4) is 0 Å². The number of ether oxygens (including phenoxy) is 2. The predicted octanol–water partition coefficient (Wildman–Crippen LogP) is 5.69. The Labute approximate surface area is 173 Å². The molecule has 148 valence electrons. The first-order valence-corrected chi connectivity index (χ1v) is 9.67. The molecule has 1 atom stereocenters. The van der Waals surface area contributed by atoms with Gasteiger partial charge < -0.3 is 9.47 Å². The van der Waals surface area contributed by atoms with Gasteiger partial charge in [-0.25, -0.2) is 4.68 Å². The van der Waals surface area contributed by atoms with Crippen LogP contribution in [0.4, 0.5) is 8.78 Å². The molecule has 1 heterocycles. The van der Waals surface area contributed by atoms with Crippen LogP contribution < -0.4 is 4.74 Å². The summed E-state index contributed by atoms with van der Waals surface area (Å²) < 4.78 is 35.6. The number of carbonyl (C=O) groups excluding carboxylic acids is 1. The van der Waals surface area contributed by atoms with Crippen LogP contribution in [-0.2, 0) is 16.6 Å². The quantitative estimate of drug-likeness (QED) is 0.393. The topological polar surface area (TPSA) is 53.3 Å². The third-order valence-electron chi connectivity index (χ3n) is 3.34. The van der Waals surface area contributed by atoms with E-state index in [2.05, 4.69) is 9.84 Å². The normalized spacial score (nSPS) is 12.3. The lowest BCUT2D eigenvalue weighted by Crippen LogP contribution is -2.16. The van der Waals surface area contributed by atoms with Crippen LogP contribution in [0.1, 0.15) is 13.8 Å². The highest BCUT2D eigenvalue weighted by Crippen LogP contribution is 2.42. The van der Waals surface area contributed by atoms with Gasteiger partial charge in [-0.15, -0.1) is 11.8 Å². The Morgan fingerprint density at radius 1 is 1.30 bits per heavy atom. The Hall–Kier alpha value is -1.22. The van der Waals surface area contributed by atoms with E-state index in [-0.39, 0.29) is 28.2 Å². The van der Waals surface area contributed by atoms with Gasteiger partial charge in [0.25, 0.3) is 0 Å². The molecule has 2 aromatic rings. The average molecular weight is 460 g/mol. The molecule has 0 aliphatic rings. The minimum absolute atomic E-state index is 0.114. The molecule has 11 heteroatoms. The van der Waals surface area contributed by atoms with Gasteiger partial charge in [0.2, 0.25) is 5.88 Å². The summed E-state index contributed by atoms with van der Waals surface area (Å²) in [5.41, 5.74) is 0.520. The first-order valence-electron chi connectivity index (χ1n) is 7.65. The molecule has 2 rings (SSSR count). The largest absolute Gasteiger partial charge is 0.465 e. The van der Waals surface area contributed by atoms with E-state index in [4.69, 9.17) is 39.5 Å². The number of carbonyl (C=O) groups is 1. The zero-order valence-corrected chi connectivity index (χ0v) is 17.5. The number of halogens is 5. The average Bonchev–Trinajstić information content (AvgIpc) is 2.85. The molecule has 0 saturated heterocycles. The van der Waals surface area contributed by atoms with Crippen LogP contribution in [0, 0.1) is 0 Å². The van der Waals surface area contributed by atoms with Crippen molar-refractivity contribution in [3.63, 3.8) is 0 Å². The second-order valence-electron chi connectivity index (χ2n) is 5.24. The number of nitrogens with zero attached hydrogens (tertiary/aromatic N) is 2. The summed E-state index contributed by atoms with van der Waals surface area (Å²) in [5, 5.41) is 4.01. The molecule has 0 amide bonds. The summed E-state index contributed by atoms with van der Waals surface area (Å²) in [6.07, 6.45) is 0. The Balaban J connectivity index is 2.43. The van der Waals surface area contributed by atoms with E-state index in [0.29, 0.717) is 15.5 Å². The number of hydrogen-bond donors (Lipinski definition) is 0. The molecule has 0 radical (unpaired) electrons. The minimum Gasteiger partial charge on any atom is -0.465 e. The maximum absolute atomic E-state index is 12.6. The number of esters is 1. The summed E-state index contributed by atoms with van der Waals surface area (Å²) in [5.74, 6) is -0.680.